The van der Waals surface area contributed by atoms with Gasteiger partial charge in [-0.3, -0.25) is 0 Å². The molecule has 1 heterocycles. The van der Waals surface area contributed by atoms with Gasteiger partial charge < -0.3 is 9.64 Å². The number of hydrogen-bond donors (Lipinski definition) is 0. The molecule has 1 saturated heterocycles. The van der Waals surface area contributed by atoms with Crippen LogP contribution in [-0.2, 0) is 4.74 Å². The summed E-state index contributed by atoms with van der Waals surface area (Å²) in [6, 6.07) is 0. The second-order valence-electron chi connectivity index (χ2n) is 2.86. The van der Waals surface area contributed by atoms with Crippen LogP contribution in [0, 0.1) is 0 Å². The van der Waals surface area contributed by atoms with Gasteiger partial charge in [-0.25, -0.2) is 8.78 Å². The van der Waals surface area contributed by atoms with E-state index in [2.05, 4.69) is 0 Å². The fraction of sp³-hybridized carbons (Fsp3) is 1.00. The lowest BCUT2D eigenvalue weighted by Gasteiger charge is -2.18. The van der Waals surface area contributed by atoms with Gasteiger partial charge in [-0.15, -0.1) is 0 Å². The monoisotopic (exact) mass is 165 g/mol. The summed E-state index contributed by atoms with van der Waals surface area (Å²) in [5.41, 5.74) is 0. The minimum Gasteiger partial charge on any atom is -0.371 e. The van der Waals surface area contributed by atoms with Crippen LogP contribution < -0.4 is 0 Å². The van der Waals surface area contributed by atoms with Gasteiger partial charge in [0.25, 0.3) is 6.43 Å². The molecule has 0 radical (unpaired) electrons. The van der Waals surface area contributed by atoms with Crippen molar-refractivity contribution in [3.05, 3.63) is 0 Å². The molecule has 0 spiro atoms. The SMILES string of the molecule is CN1CCCOC(C(F)F)C1. The maximum atomic E-state index is 12.1. The summed E-state index contributed by atoms with van der Waals surface area (Å²) in [5, 5.41) is 0. The Labute approximate surface area is 65.1 Å². The molecule has 2 nitrogen and oxygen atoms in total. The van der Waals surface area contributed by atoms with Crippen LogP contribution in [0.1, 0.15) is 6.42 Å². The van der Waals surface area contributed by atoms with E-state index < -0.39 is 12.5 Å². The van der Waals surface area contributed by atoms with Crippen LogP contribution in [0.15, 0.2) is 0 Å². The molecule has 1 fully saturated rings. The molecule has 0 amide bonds. The van der Waals surface area contributed by atoms with Gasteiger partial charge in [0.05, 0.1) is 0 Å². The van der Waals surface area contributed by atoms with Gasteiger partial charge in [0, 0.05) is 19.7 Å². The zero-order valence-corrected chi connectivity index (χ0v) is 6.59. The van der Waals surface area contributed by atoms with Gasteiger partial charge in [0.15, 0.2) is 0 Å². The summed E-state index contributed by atoms with van der Waals surface area (Å²) in [7, 11) is 1.84. The molecule has 0 aromatic rings. The summed E-state index contributed by atoms with van der Waals surface area (Å²) >= 11 is 0. The van der Waals surface area contributed by atoms with Crippen molar-refractivity contribution in [3.8, 4) is 0 Å². The summed E-state index contributed by atoms with van der Waals surface area (Å²) in [4.78, 5) is 1.88. The van der Waals surface area contributed by atoms with E-state index >= 15 is 0 Å². The summed E-state index contributed by atoms with van der Waals surface area (Å²) in [5.74, 6) is 0. The lowest BCUT2D eigenvalue weighted by Crippen LogP contribution is -2.33. The smallest absolute Gasteiger partial charge is 0.265 e. The van der Waals surface area contributed by atoms with Crippen molar-refractivity contribution in [1.82, 2.24) is 4.90 Å². The van der Waals surface area contributed by atoms with Gasteiger partial charge in [0.2, 0.25) is 0 Å². The molecule has 1 atom stereocenters. The van der Waals surface area contributed by atoms with E-state index in [0.717, 1.165) is 13.0 Å². The van der Waals surface area contributed by atoms with Gasteiger partial charge in [0.1, 0.15) is 6.10 Å². The summed E-state index contributed by atoms with van der Waals surface area (Å²) < 4.78 is 29.2. The molecule has 0 aliphatic carbocycles. The van der Waals surface area contributed by atoms with Crippen molar-refractivity contribution in [1.29, 1.82) is 0 Å². The van der Waals surface area contributed by atoms with E-state index in [0.29, 0.717) is 13.2 Å². The van der Waals surface area contributed by atoms with Crippen molar-refractivity contribution in [2.45, 2.75) is 19.0 Å². The molecule has 4 heteroatoms. The fourth-order valence-electron chi connectivity index (χ4n) is 1.17. The maximum absolute atomic E-state index is 12.1. The molecule has 0 aromatic carbocycles. The highest BCUT2D eigenvalue weighted by molar-refractivity contribution is 4.68. The third-order valence-electron chi connectivity index (χ3n) is 1.79. The molecule has 1 unspecified atom stereocenters. The lowest BCUT2D eigenvalue weighted by atomic mass is 10.3. The van der Waals surface area contributed by atoms with Gasteiger partial charge >= 0.3 is 0 Å². The molecule has 1 aliphatic heterocycles. The first-order chi connectivity index (χ1) is 5.20. The number of ether oxygens (including phenoxy) is 1. The normalized spacial score (nSPS) is 28.9. The molecule has 0 aromatic heterocycles. The van der Waals surface area contributed by atoms with E-state index in [-0.39, 0.29) is 0 Å². The van der Waals surface area contributed by atoms with Crippen LogP contribution in [-0.4, -0.2) is 44.2 Å². The highest BCUT2D eigenvalue weighted by Gasteiger charge is 2.24. The van der Waals surface area contributed by atoms with Crippen LogP contribution in [0.3, 0.4) is 0 Å². The number of alkyl halides is 2. The average Bonchev–Trinajstić information content (AvgIpc) is 2.13. The Bertz CT molecular complexity index is 121. The molecular formula is C7H13F2NO. The Balaban J connectivity index is 2.39. The predicted molar refractivity (Wildman–Crippen MR) is 37.9 cm³/mol. The fourth-order valence-corrected chi connectivity index (χ4v) is 1.17. The van der Waals surface area contributed by atoms with Crippen LogP contribution >= 0.6 is 0 Å². The number of halogens is 2. The molecule has 1 aliphatic rings. The van der Waals surface area contributed by atoms with Crippen LogP contribution in [0.5, 0.6) is 0 Å². The van der Waals surface area contributed by atoms with Crippen molar-refractivity contribution in [3.63, 3.8) is 0 Å². The largest absolute Gasteiger partial charge is 0.371 e. The molecular weight excluding hydrogens is 152 g/mol. The zero-order chi connectivity index (χ0) is 8.27. The first kappa shape index (κ1) is 8.87. The Kier molecular flexibility index (Phi) is 3.20. The number of nitrogens with zero attached hydrogens (tertiary/aromatic N) is 1. The number of rotatable bonds is 1. The second-order valence-corrected chi connectivity index (χ2v) is 2.86. The predicted octanol–water partition coefficient (Wildman–Crippen LogP) is 0.972. The maximum Gasteiger partial charge on any atom is 0.265 e. The van der Waals surface area contributed by atoms with E-state index in [1.54, 1.807) is 0 Å². The van der Waals surface area contributed by atoms with Crippen molar-refractivity contribution < 1.29 is 13.5 Å². The lowest BCUT2D eigenvalue weighted by molar-refractivity contribution is -0.0535. The van der Waals surface area contributed by atoms with E-state index in [1.807, 2.05) is 11.9 Å². The van der Waals surface area contributed by atoms with Crippen molar-refractivity contribution in [2.75, 3.05) is 26.7 Å². The zero-order valence-electron chi connectivity index (χ0n) is 6.59. The highest BCUT2D eigenvalue weighted by Crippen LogP contribution is 2.10. The topological polar surface area (TPSA) is 12.5 Å². The standard InChI is InChI=1S/C7H13F2NO/c1-10-3-2-4-11-6(5-10)7(8)9/h6-7H,2-5H2,1H3. The summed E-state index contributed by atoms with van der Waals surface area (Å²) in [6.45, 7) is 1.65. The molecule has 0 N–H and O–H groups in total. The first-order valence-corrected chi connectivity index (χ1v) is 3.78. The Morgan fingerprint density at radius 1 is 1.55 bits per heavy atom. The average molecular weight is 165 g/mol. The van der Waals surface area contributed by atoms with E-state index in [1.165, 1.54) is 0 Å². The Hall–Kier alpha value is -0.220. The number of hydrogen-bond acceptors (Lipinski definition) is 2. The molecule has 66 valence electrons. The Morgan fingerprint density at radius 2 is 2.27 bits per heavy atom. The van der Waals surface area contributed by atoms with Crippen LogP contribution in [0.2, 0.25) is 0 Å². The first-order valence-electron chi connectivity index (χ1n) is 3.78. The van der Waals surface area contributed by atoms with Gasteiger partial charge in [-0.1, -0.05) is 0 Å². The van der Waals surface area contributed by atoms with Crippen LogP contribution in [0.25, 0.3) is 0 Å². The van der Waals surface area contributed by atoms with Crippen molar-refractivity contribution >= 4 is 0 Å². The van der Waals surface area contributed by atoms with Gasteiger partial charge in [-0.05, 0) is 13.5 Å². The number of likely N-dealkylation sites (N-methyl/N-ethyl adjacent to an activating group) is 1. The molecule has 1 rings (SSSR count). The van der Waals surface area contributed by atoms with Crippen molar-refractivity contribution in [2.24, 2.45) is 0 Å². The second kappa shape index (κ2) is 3.97. The third kappa shape index (κ3) is 2.71. The van der Waals surface area contributed by atoms with Gasteiger partial charge in [-0.2, -0.15) is 0 Å². The minimum absolute atomic E-state index is 0.345. The van der Waals surface area contributed by atoms with E-state index in [9.17, 15) is 8.78 Å². The quantitative estimate of drug-likeness (QED) is 0.574. The molecule has 0 bridgehead atoms. The Morgan fingerprint density at radius 3 is 2.91 bits per heavy atom. The van der Waals surface area contributed by atoms with Crippen LogP contribution in [0.4, 0.5) is 8.78 Å². The highest BCUT2D eigenvalue weighted by atomic mass is 19.3. The molecule has 0 saturated carbocycles. The molecule has 11 heavy (non-hydrogen) atoms. The van der Waals surface area contributed by atoms with E-state index in [4.69, 9.17) is 4.74 Å². The summed E-state index contributed by atoms with van der Waals surface area (Å²) in [6.07, 6.45) is -2.39. The minimum atomic E-state index is -2.35. The third-order valence-corrected chi connectivity index (χ3v) is 1.79.